The Hall–Kier alpha value is -3.48. The van der Waals surface area contributed by atoms with Gasteiger partial charge in [-0.15, -0.1) is 0 Å². The van der Waals surface area contributed by atoms with Crippen LogP contribution in [0.5, 0.6) is 5.75 Å². The van der Waals surface area contributed by atoms with Gasteiger partial charge in [0.2, 0.25) is 5.91 Å². The van der Waals surface area contributed by atoms with E-state index in [0.29, 0.717) is 16.4 Å². The Morgan fingerprint density at radius 3 is 2.48 bits per heavy atom. The molecule has 0 fully saturated rings. The van der Waals surface area contributed by atoms with E-state index < -0.39 is 62.8 Å². The fourth-order valence-electron chi connectivity index (χ4n) is 2.92. The highest BCUT2D eigenvalue weighted by Gasteiger charge is 2.37. The lowest BCUT2D eigenvalue weighted by Gasteiger charge is -2.36. The van der Waals surface area contributed by atoms with Crippen molar-refractivity contribution in [3.8, 4) is 5.75 Å². The largest absolute Gasteiger partial charge is 0.481 e. The zero-order valence-corrected chi connectivity index (χ0v) is 16.7. The summed E-state index contributed by atoms with van der Waals surface area (Å²) in [7, 11) is -4.56. The number of sulfonamides is 1. The summed E-state index contributed by atoms with van der Waals surface area (Å²) in [6.45, 7) is 0.620. The molecule has 0 saturated carbocycles. The van der Waals surface area contributed by atoms with Gasteiger partial charge in [0.05, 0.1) is 23.7 Å². The maximum atomic E-state index is 14.7. The Bertz CT molecular complexity index is 1160. The number of hydrogen-bond donors (Lipinski definition) is 3. The second kappa shape index (κ2) is 8.34. The van der Waals surface area contributed by atoms with Gasteiger partial charge in [-0.25, -0.2) is 26.4 Å². The molecule has 0 saturated heterocycles. The Morgan fingerprint density at radius 1 is 1.16 bits per heavy atom. The minimum absolute atomic E-state index is 0.173. The molecular formula is C18H16F3N3O6S. The van der Waals surface area contributed by atoms with Gasteiger partial charge in [0.1, 0.15) is 6.10 Å². The van der Waals surface area contributed by atoms with E-state index in [4.69, 9.17) is 9.84 Å². The molecule has 3 N–H and O–H groups in total. The van der Waals surface area contributed by atoms with Crippen molar-refractivity contribution in [1.29, 1.82) is 0 Å². The van der Waals surface area contributed by atoms with Gasteiger partial charge in [0, 0.05) is 18.7 Å². The standard InChI is InChI=1S/C18H16F3N3O6S/c1-9(25)22-7-11-8-24(31(28,29)12-2-3-13(19)14(20)6-12)16-5-10(23-18(26)27)4-15(21)17(16)30-11/h2-6,11,23H,7-8H2,1H3,(H,22,25)(H,26,27). The van der Waals surface area contributed by atoms with E-state index in [1.54, 1.807) is 0 Å². The fraction of sp³-hybridized carbons (Fsp3) is 0.222. The number of nitrogens with zero attached hydrogens (tertiary/aromatic N) is 1. The summed E-state index contributed by atoms with van der Waals surface area (Å²) in [4.78, 5) is 21.5. The molecule has 0 spiro atoms. The molecule has 2 aromatic rings. The topological polar surface area (TPSA) is 125 Å². The number of rotatable bonds is 5. The number of benzene rings is 2. The lowest BCUT2D eigenvalue weighted by molar-refractivity contribution is -0.119. The third kappa shape index (κ3) is 4.66. The van der Waals surface area contributed by atoms with E-state index in [1.807, 2.05) is 5.32 Å². The molecule has 3 rings (SSSR count). The number of halogens is 3. The molecule has 0 bridgehead atoms. The van der Waals surface area contributed by atoms with Crippen LogP contribution < -0.4 is 19.7 Å². The summed E-state index contributed by atoms with van der Waals surface area (Å²) >= 11 is 0. The maximum absolute atomic E-state index is 14.7. The van der Waals surface area contributed by atoms with Crippen LogP contribution in [0.15, 0.2) is 35.2 Å². The number of amides is 2. The van der Waals surface area contributed by atoms with Crippen LogP contribution in [0.1, 0.15) is 6.92 Å². The third-order valence-corrected chi connectivity index (χ3v) is 6.03. The number of nitrogens with one attached hydrogen (secondary N) is 2. The van der Waals surface area contributed by atoms with Gasteiger partial charge in [0.15, 0.2) is 23.2 Å². The average molecular weight is 459 g/mol. The minimum Gasteiger partial charge on any atom is -0.481 e. The molecule has 166 valence electrons. The molecule has 1 unspecified atom stereocenters. The second-order valence-corrected chi connectivity index (χ2v) is 8.39. The smallest absolute Gasteiger partial charge is 0.409 e. The van der Waals surface area contributed by atoms with Crippen LogP contribution >= 0.6 is 0 Å². The Balaban J connectivity index is 2.12. The zero-order valence-electron chi connectivity index (χ0n) is 15.9. The van der Waals surface area contributed by atoms with Crippen molar-refractivity contribution in [2.75, 3.05) is 22.7 Å². The molecule has 0 aliphatic carbocycles. The SMILES string of the molecule is CC(=O)NCC1CN(S(=O)(=O)c2ccc(F)c(F)c2)c2cc(NC(=O)O)cc(F)c2O1. The third-order valence-electron chi connectivity index (χ3n) is 4.26. The lowest BCUT2D eigenvalue weighted by Crippen LogP contribution is -2.48. The lowest BCUT2D eigenvalue weighted by atomic mass is 10.2. The van der Waals surface area contributed by atoms with Gasteiger partial charge < -0.3 is 15.2 Å². The number of carbonyl (C=O) groups is 2. The van der Waals surface area contributed by atoms with E-state index in [1.165, 1.54) is 6.92 Å². The molecule has 1 aliphatic heterocycles. The molecule has 1 atom stereocenters. The van der Waals surface area contributed by atoms with Crippen LogP contribution in [0, 0.1) is 17.5 Å². The van der Waals surface area contributed by atoms with Crippen molar-refractivity contribution < 1.29 is 41.0 Å². The molecule has 1 aliphatic rings. The Morgan fingerprint density at radius 2 is 1.87 bits per heavy atom. The van der Waals surface area contributed by atoms with Crippen molar-refractivity contribution in [2.45, 2.75) is 17.9 Å². The summed E-state index contributed by atoms with van der Waals surface area (Å²) in [5.41, 5.74) is -0.634. The maximum Gasteiger partial charge on any atom is 0.409 e. The Kier molecular flexibility index (Phi) is 5.97. The predicted molar refractivity (Wildman–Crippen MR) is 102 cm³/mol. The van der Waals surface area contributed by atoms with Gasteiger partial charge in [0.25, 0.3) is 10.0 Å². The van der Waals surface area contributed by atoms with E-state index in [0.717, 1.165) is 18.2 Å². The minimum atomic E-state index is -4.56. The van der Waals surface area contributed by atoms with Crippen molar-refractivity contribution in [1.82, 2.24) is 5.32 Å². The van der Waals surface area contributed by atoms with Gasteiger partial charge in [-0.05, 0) is 24.3 Å². The van der Waals surface area contributed by atoms with Crippen LogP contribution in [0.3, 0.4) is 0 Å². The van der Waals surface area contributed by atoms with E-state index in [9.17, 15) is 31.2 Å². The first-order chi connectivity index (χ1) is 14.5. The number of ether oxygens (including phenoxy) is 1. The van der Waals surface area contributed by atoms with Crippen molar-refractivity contribution in [3.63, 3.8) is 0 Å². The highest BCUT2D eigenvalue weighted by Crippen LogP contribution is 2.41. The summed E-state index contributed by atoms with van der Waals surface area (Å²) < 4.78 is 74.1. The monoisotopic (exact) mass is 459 g/mol. The summed E-state index contributed by atoms with van der Waals surface area (Å²) in [5.74, 6) is -4.69. The molecule has 13 heteroatoms. The quantitative estimate of drug-likeness (QED) is 0.630. The number of fused-ring (bicyclic) bond motifs is 1. The predicted octanol–water partition coefficient (Wildman–Crippen LogP) is 2.29. The molecule has 31 heavy (non-hydrogen) atoms. The number of carboxylic acid groups (broad SMARTS) is 1. The number of anilines is 2. The first kappa shape index (κ1) is 22.2. The molecule has 1 heterocycles. The van der Waals surface area contributed by atoms with Crippen molar-refractivity contribution in [2.24, 2.45) is 0 Å². The first-order valence-electron chi connectivity index (χ1n) is 8.71. The molecular weight excluding hydrogens is 443 g/mol. The van der Waals surface area contributed by atoms with Gasteiger partial charge in [-0.1, -0.05) is 0 Å². The average Bonchev–Trinajstić information content (AvgIpc) is 2.67. The van der Waals surface area contributed by atoms with Gasteiger partial charge >= 0.3 is 6.09 Å². The summed E-state index contributed by atoms with van der Waals surface area (Å²) in [6, 6.07) is 3.75. The Labute approximate surface area is 174 Å². The first-order valence-corrected chi connectivity index (χ1v) is 10.2. The number of carbonyl (C=O) groups excluding carboxylic acids is 1. The van der Waals surface area contributed by atoms with Gasteiger partial charge in [-0.2, -0.15) is 0 Å². The molecule has 2 amide bonds. The molecule has 2 aromatic carbocycles. The van der Waals surface area contributed by atoms with Gasteiger partial charge in [-0.3, -0.25) is 14.4 Å². The van der Waals surface area contributed by atoms with Crippen LogP contribution in [0.4, 0.5) is 29.3 Å². The zero-order chi connectivity index (χ0) is 22.9. The van der Waals surface area contributed by atoms with E-state index in [-0.39, 0.29) is 17.9 Å². The van der Waals surface area contributed by atoms with E-state index >= 15 is 0 Å². The highest BCUT2D eigenvalue weighted by atomic mass is 32.2. The molecule has 0 aromatic heterocycles. The molecule has 9 nitrogen and oxygen atoms in total. The van der Waals surface area contributed by atoms with Crippen LogP contribution in [-0.4, -0.2) is 44.7 Å². The molecule has 0 radical (unpaired) electrons. The second-order valence-electron chi connectivity index (χ2n) is 6.53. The highest BCUT2D eigenvalue weighted by molar-refractivity contribution is 7.92. The van der Waals surface area contributed by atoms with Crippen LogP contribution in [0.2, 0.25) is 0 Å². The fourth-order valence-corrected chi connectivity index (χ4v) is 4.42. The number of hydrogen-bond acceptors (Lipinski definition) is 5. The van der Waals surface area contributed by atoms with Crippen LogP contribution in [-0.2, 0) is 14.8 Å². The summed E-state index contributed by atoms with van der Waals surface area (Å²) in [5, 5.41) is 13.2. The van der Waals surface area contributed by atoms with Crippen LogP contribution in [0.25, 0.3) is 0 Å². The van der Waals surface area contributed by atoms with Crippen molar-refractivity contribution >= 4 is 33.4 Å². The summed E-state index contributed by atoms with van der Waals surface area (Å²) in [6.07, 6.45) is -2.54. The van der Waals surface area contributed by atoms with E-state index in [2.05, 4.69) is 5.32 Å². The van der Waals surface area contributed by atoms with Crippen molar-refractivity contribution in [3.05, 3.63) is 47.8 Å². The normalized spacial score (nSPS) is 15.6.